The van der Waals surface area contributed by atoms with Crippen LogP contribution in [0.15, 0.2) is 103 Å². The highest BCUT2D eigenvalue weighted by Crippen LogP contribution is 2.24. The van der Waals surface area contributed by atoms with Gasteiger partial charge >= 0.3 is 0 Å². The van der Waals surface area contributed by atoms with Gasteiger partial charge in [0.2, 0.25) is 0 Å². The van der Waals surface area contributed by atoms with Gasteiger partial charge in [-0.25, -0.2) is 4.68 Å². The molecule has 0 radical (unpaired) electrons. The molecule has 0 spiro atoms. The van der Waals surface area contributed by atoms with E-state index in [-0.39, 0.29) is 5.91 Å². The highest BCUT2D eigenvalue weighted by molar-refractivity contribution is 6.07. The summed E-state index contributed by atoms with van der Waals surface area (Å²) in [5.74, 6) is 0.246. The van der Waals surface area contributed by atoms with Crippen LogP contribution in [0.3, 0.4) is 0 Å². The summed E-state index contributed by atoms with van der Waals surface area (Å²) in [5.41, 5.74) is 5.23. The van der Waals surface area contributed by atoms with E-state index < -0.39 is 0 Å². The topological polar surface area (TPSA) is 64.7 Å². The fourth-order valence-corrected chi connectivity index (χ4v) is 3.76. The molecule has 5 rings (SSSR count). The first kappa shape index (κ1) is 20.5. The van der Waals surface area contributed by atoms with E-state index in [1.54, 1.807) is 16.9 Å². The van der Waals surface area contributed by atoms with Crippen molar-refractivity contribution in [2.75, 3.05) is 5.32 Å². The van der Waals surface area contributed by atoms with E-state index in [0.717, 1.165) is 16.8 Å². The summed E-state index contributed by atoms with van der Waals surface area (Å²) in [6, 6.07) is 29.6. The number of para-hydroxylation sites is 1. The zero-order valence-electron chi connectivity index (χ0n) is 18.2. The van der Waals surface area contributed by atoms with Crippen LogP contribution in [-0.2, 0) is 6.54 Å². The zero-order valence-corrected chi connectivity index (χ0v) is 18.2. The summed E-state index contributed by atoms with van der Waals surface area (Å²) in [6.45, 7) is 2.71. The third-order valence-electron chi connectivity index (χ3n) is 5.34. The highest BCUT2D eigenvalue weighted by atomic mass is 16.1. The van der Waals surface area contributed by atoms with E-state index in [1.807, 2.05) is 77.6 Å². The van der Waals surface area contributed by atoms with Gasteiger partial charge in [-0.1, -0.05) is 78.4 Å². The van der Waals surface area contributed by atoms with Gasteiger partial charge in [-0.15, -0.1) is 0 Å². The van der Waals surface area contributed by atoms with Crippen LogP contribution in [0, 0.1) is 6.92 Å². The third-order valence-corrected chi connectivity index (χ3v) is 5.34. The number of benzene rings is 3. The standard InChI is InChI=1S/C27H23N5O/c1-20-9-8-10-21(17-20)18-31-16-15-25(29-31)28-27(33)24-19-32(23-13-6-3-7-14-23)30-26(24)22-11-4-2-5-12-22/h2-17,19H,18H2,1H3,(H,28,29,33). The first-order valence-corrected chi connectivity index (χ1v) is 10.8. The van der Waals surface area contributed by atoms with Crippen LogP contribution in [0.4, 0.5) is 5.82 Å². The van der Waals surface area contributed by atoms with E-state index in [9.17, 15) is 4.79 Å². The second-order valence-corrected chi connectivity index (χ2v) is 7.88. The number of nitrogens with one attached hydrogen (secondary N) is 1. The number of rotatable bonds is 6. The molecule has 0 bridgehead atoms. The number of amides is 1. The molecule has 2 aromatic heterocycles. The molecule has 1 N–H and O–H groups in total. The summed E-state index contributed by atoms with van der Waals surface area (Å²) in [4.78, 5) is 13.3. The maximum Gasteiger partial charge on any atom is 0.260 e. The molecule has 3 aromatic carbocycles. The fraction of sp³-hybridized carbons (Fsp3) is 0.0741. The van der Waals surface area contributed by atoms with Gasteiger partial charge in [0, 0.05) is 24.0 Å². The zero-order chi connectivity index (χ0) is 22.6. The van der Waals surface area contributed by atoms with Crippen LogP contribution in [0.25, 0.3) is 16.9 Å². The maximum absolute atomic E-state index is 13.3. The minimum Gasteiger partial charge on any atom is -0.305 e. The molecule has 0 unspecified atom stereocenters. The van der Waals surface area contributed by atoms with Gasteiger partial charge in [-0.05, 0) is 24.6 Å². The fourth-order valence-electron chi connectivity index (χ4n) is 3.76. The summed E-state index contributed by atoms with van der Waals surface area (Å²) in [6.07, 6.45) is 3.63. The molecular weight excluding hydrogens is 410 g/mol. The van der Waals surface area contributed by atoms with E-state index in [1.165, 1.54) is 5.56 Å². The lowest BCUT2D eigenvalue weighted by atomic mass is 10.1. The normalized spacial score (nSPS) is 10.8. The lowest BCUT2D eigenvalue weighted by Gasteiger charge is -2.04. The molecular formula is C27H23N5O. The Kier molecular flexibility index (Phi) is 5.55. The van der Waals surface area contributed by atoms with E-state index in [2.05, 4.69) is 35.5 Å². The van der Waals surface area contributed by atoms with Gasteiger partial charge in [0.1, 0.15) is 5.69 Å². The molecule has 5 aromatic rings. The third kappa shape index (κ3) is 4.60. The average Bonchev–Trinajstić information content (AvgIpc) is 3.48. The molecule has 1 amide bonds. The van der Waals surface area contributed by atoms with Crippen molar-refractivity contribution >= 4 is 11.7 Å². The Balaban J connectivity index is 1.41. The monoisotopic (exact) mass is 433 g/mol. The largest absolute Gasteiger partial charge is 0.305 e. The number of nitrogens with zero attached hydrogens (tertiary/aromatic N) is 4. The maximum atomic E-state index is 13.3. The van der Waals surface area contributed by atoms with Crippen molar-refractivity contribution in [3.63, 3.8) is 0 Å². The predicted octanol–water partition coefficient (Wildman–Crippen LogP) is 5.34. The van der Waals surface area contributed by atoms with Gasteiger partial charge < -0.3 is 5.32 Å². The quantitative estimate of drug-likeness (QED) is 0.393. The molecule has 0 aliphatic rings. The Hall–Kier alpha value is -4.45. The summed E-state index contributed by atoms with van der Waals surface area (Å²) in [5, 5.41) is 12.2. The summed E-state index contributed by atoms with van der Waals surface area (Å²) < 4.78 is 3.55. The van der Waals surface area contributed by atoms with Crippen molar-refractivity contribution in [1.82, 2.24) is 19.6 Å². The van der Waals surface area contributed by atoms with Crippen molar-refractivity contribution in [3.8, 4) is 16.9 Å². The van der Waals surface area contributed by atoms with E-state index >= 15 is 0 Å². The van der Waals surface area contributed by atoms with Crippen LogP contribution in [0.1, 0.15) is 21.5 Å². The van der Waals surface area contributed by atoms with E-state index in [0.29, 0.717) is 23.6 Å². The van der Waals surface area contributed by atoms with Crippen LogP contribution < -0.4 is 5.32 Å². The first-order valence-electron chi connectivity index (χ1n) is 10.8. The van der Waals surface area contributed by atoms with Gasteiger partial charge in [0.05, 0.1) is 17.8 Å². The van der Waals surface area contributed by atoms with Gasteiger partial charge in [0.15, 0.2) is 5.82 Å². The smallest absolute Gasteiger partial charge is 0.260 e. The van der Waals surface area contributed by atoms with Gasteiger partial charge in [0.25, 0.3) is 5.91 Å². The summed E-state index contributed by atoms with van der Waals surface area (Å²) in [7, 11) is 0. The van der Waals surface area contributed by atoms with Crippen LogP contribution in [-0.4, -0.2) is 25.5 Å². The Morgan fingerprint density at radius 3 is 2.39 bits per heavy atom. The van der Waals surface area contributed by atoms with Crippen LogP contribution in [0.2, 0.25) is 0 Å². The SMILES string of the molecule is Cc1cccc(Cn2ccc(NC(=O)c3cn(-c4ccccc4)nc3-c3ccccc3)n2)c1. The minimum absolute atomic E-state index is 0.253. The number of aromatic nitrogens is 4. The second-order valence-electron chi connectivity index (χ2n) is 7.88. The van der Waals surface area contributed by atoms with Crippen molar-refractivity contribution in [1.29, 1.82) is 0 Å². The minimum atomic E-state index is -0.253. The van der Waals surface area contributed by atoms with Crippen LogP contribution >= 0.6 is 0 Å². The Labute approximate surface area is 192 Å². The molecule has 2 heterocycles. The molecule has 0 atom stereocenters. The highest BCUT2D eigenvalue weighted by Gasteiger charge is 2.19. The molecule has 0 aliphatic carbocycles. The molecule has 0 saturated carbocycles. The van der Waals surface area contributed by atoms with Gasteiger partial charge in [-0.3, -0.25) is 9.48 Å². The predicted molar refractivity (Wildman–Crippen MR) is 129 cm³/mol. The second kappa shape index (κ2) is 8.96. The molecule has 6 nitrogen and oxygen atoms in total. The van der Waals surface area contributed by atoms with Crippen molar-refractivity contribution in [2.45, 2.75) is 13.5 Å². The molecule has 6 heteroatoms. The number of aryl methyl sites for hydroxylation is 1. The summed E-state index contributed by atoms with van der Waals surface area (Å²) >= 11 is 0. The Bertz CT molecular complexity index is 1390. The number of carbonyl (C=O) groups is 1. The molecule has 0 fully saturated rings. The Morgan fingerprint density at radius 2 is 1.64 bits per heavy atom. The van der Waals surface area contributed by atoms with Crippen molar-refractivity contribution in [3.05, 3.63) is 120 Å². The molecule has 0 saturated heterocycles. The molecule has 33 heavy (non-hydrogen) atoms. The molecule has 162 valence electrons. The van der Waals surface area contributed by atoms with Gasteiger partial charge in [-0.2, -0.15) is 10.2 Å². The lowest BCUT2D eigenvalue weighted by molar-refractivity contribution is 0.102. The number of hydrogen-bond acceptors (Lipinski definition) is 3. The number of carbonyl (C=O) groups excluding carboxylic acids is 1. The number of hydrogen-bond donors (Lipinski definition) is 1. The van der Waals surface area contributed by atoms with E-state index in [4.69, 9.17) is 5.10 Å². The number of anilines is 1. The first-order chi connectivity index (χ1) is 16.2. The Morgan fingerprint density at radius 1 is 0.879 bits per heavy atom. The lowest BCUT2D eigenvalue weighted by Crippen LogP contribution is -2.13. The van der Waals surface area contributed by atoms with Crippen LogP contribution in [0.5, 0.6) is 0 Å². The van der Waals surface area contributed by atoms with Crippen molar-refractivity contribution < 1.29 is 4.79 Å². The average molecular weight is 434 g/mol. The van der Waals surface area contributed by atoms with Crippen molar-refractivity contribution in [2.24, 2.45) is 0 Å². The molecule has 0 aliphatic heterocycles.